The van der Waals surface area contributed by atoms with Gasteiger partial charge in [0, 0.05) is 31.4 Å². The zero-order chi connectivity index (χ0) is 15.4. The minimum Gasteiger partial charge on any atom is -0.388 e. The van der Waals surface area contributed by atoms with E-state index in [1.54, 1.807) is 24.1 Å². The monoisotopic (exact) mass is 291 g/mol. The normalized spacial score (nSPS) is 19.0. The van der Waals surface area contributed by atoms with Crippen LogP contribution in [0.1, 0.15) is 43.0 Å². The van der Waals surface area contributed by atoms with Crippen LogP contribution in [0.15, 0.2) is 18.2 Å². The number of nitro benzene ring substituents is 1. The molecule has 0 spiro atoms. The number of nitro groups is 1. The summed E-state index contributed by atoms with van der Waals surface area (Å²) in [6, 6.07) is 4.69. The number of nitrogens with one attached hydrogen (secondary N) is 1. The molecule has 1 unspecified atom stereocenters. The summed E-state index contributed by atoms with van der Waals surface area (Å²) in [7, 11) is 1.73. The number of hydrogen-bond acceptors (Lipinski definition) is 4. The molecule has 1 aromatic rings. The van der Waals surface area contributed by atoms with Gasteiger partial charge in [-0.05, 0) is 31.9 Å². The van der Waals surface area contributed by atoms with E-state index in [0.29, 0.717) is 12.2 Å². The number of rotatable bonds is 3. The summed E-state index contributed by atoms with van der Waals surface area (Å²) in [5.41, 5.74) is 0.738. The predicted octanol–water partition coefficient (Wildman–Crippen LogP) is 3.04. The average molecular weight is 291 g/mol. The summed E-state index contributed by atoms with van der Waals surface area (Å²) in [6.45, 7) is 2.68. The number of anilines is 1. The van der Waals surface area contributed by atoms with Gasteiger partial charge < -0.3 is 10.2 Å². The third-order valence-electron chi connectivity index (χ3n) is 4.03. The van der Waals surface area contributed by atoms with Crippen molar-refractivity contribution in [2.24, 2.45) is 0 Å². The molecule has 0 aliphatic carbocycles. The van der Waals surface area contributed by atoms with E-state index in [-0.39, 0.29) is 23.2 Å². The number of amides is 1. The molecule has 1 amide bonds. The van der Waals surface area contributed by atoms with Gasteiger partial charge in [-0.3, -0.25) is 14.9 Å². The topological polar surface area (TPSA) is 75.5 Å². The van der Waals surface area contributed by atoms with Crippen molar-refractivity contribution in [3.05, 3.63) is 33.9 Å². The van der Waals surface area contributed by atoms with Crippen molar-refractivity contribution in [3.63, 3.8) is 0 Å². The first kappa shape index (κ1) is 15.3. The second-order valence-electron chi connectivity index (χ2n) is 5.44. The Morgan fingerprint density at radius 2 is 2.14 bits per heavy atom. The van der Waals surface area contributed by atoms with Gasteiger partial charge in [-0.2, -0.15) is 0 Å². The first-order valence-corrected chi connectivity index (χ1v) is 7.31. The van der Waals surface area contributed by atoms with Crippen molar-refractivity contribution in [1.82, 2.24) is 4.90 Å². The zero-order valence-corrected chi connectivity index (χ0v) is 12.5. The lowest BCUT2D eigenvalue weighted by molar-refractivity contribution is -0.385. The van der Waals surface area contributed by atoms with Crippen LogP contribution in [0.2, 0.25) is 0 Å². The van der Waals surface area contributed by atoms with E-state index >= 15 is 0 Å². The van der Waals surface area contributed by atoms with Gasteiger partial charge in [0.1, 0.15) is 5.56 Å². The molecule has 1 saturated heterocycles. The number of carbonyl (C=O) groups is 1. The molecule has 0 radical (unpaired) electrons. The van der Waals surface area contributed by atoms with Gasteiger partial charge in [0.2, 0.25) is 0 Å². The molecule has 1 atom stereocenters. The molecule has 6 nitrogen and oxygen atoms in total. The number of benzene rings is 1. The Hall–Kier alpha value is -2.11. The standard InChI is InChI=1S/C15H21N3O3/c1-11-6-4-3-5-9-17(11)15(19)13-10-12(16-2)7-8-14(13)18(20)21/h7-8,10-11,16H,3-6,9H2,1-2H3. The van der Waals surface area contributed by atoms with Crippen LogP contribution in [0.4, 0.5) is 11.4 Å². The SMILES string of the molecule is CNc1ccc([N+](=O)[O-])c(C(=O)N2CCCCCC2C)c1. The molecule has 1 aliphatic rings. The number of likely N-dealkylation sites (tertiary alicyclic amines) is 1. The Morgan fingerprint density at radius 1 is 1.38 bits per heavy atom. The molecule has 1 aromatic carbocycles. The molecule has 21 heavy (non-hydrogen) atoms. The van der Waals surface area contributed by atoms with Crippen LogP contribution in [0, 0.1) is 10.1 Å². The van der Waals surface area contributed by atoms with Gasteiger partial charge in [-0.1, -0.05) is 12.8 Å². The van der Waals surface area contributed by atoms with Gasteiger partial charge in [0.25, 0.3) is 11.6 Å². The van der Waals surface area contributed by atoms with Crippen molar-refractivity contribution in [2.75, 3.05) is 18.9 Å². The maximum absolute atomic E-state index is 12.8. The van der Waals surface area contributed by atoms with E-state index in [1.807, 2.05) is 6.92 Å². The first-order chi connectivity index (χ1) is 10.0. The highest BCUT2D eigenvalue weighted by Crippen LogP contribution is 2.26. The third kappa shape index (κ3) is 3.32. The molecule has 1 N–H and O–H groups in total. The maximum atomic E-state index is 12.8. The first-order valence-electron chi connectivity index (χ1n) is 7.31. The van der Waals surface area contributed by atoms with Crippen molar-refractivity contribution >= 4 is 17.3 Å². The number of nitrogens with zero attached hydrogens (tertiary/aromatic N) is 2. The van der Waals surface area contributed by atoms with Crippen LogP contribution in [-0.2, 0) is 0 Å². The predicted molar refractivity (Wildman–Crippen MR) is 81.6 cm³/mol. The molecule has 2 rings (SSSR count). The third-order valence-corrected chi connectivity index (χ3v) is 4.03. The molecule has 0 saturated carbocycles. The van der Waals surface area contributed by atoms with Gasteiger partial charge in [-0.25, -0.2) is 0 Å². The Kier molecular flexibility index (Phi) is 4.77. The fourth-order valence-corrected chi connectivity index (χ4v) is 2.75. The highest BCUT2D eigenvalue weighted by molar-refractivity contribution is 5.99. The summed E-state index contributed by atoms with van der Waals surface area (Å²) in [4.78, 5) is 25.2. The molecule has 1 aliphatic heterocycles. The van der Waals surface area contributed by atoms with Crippen LogP contribution in [0.25, 0.3) is 0 Å². The second kappa shape index (κ2) is 6.56. The van der Waals surface area contributed by atoms with E-state index in [1.165, 1.54) is 6.07 Å². The number of carbonyl (C=O) groups excluding carboxylic acids is 1. The smallest absolute Gasteiger partial charge is 0.282 e. The highest BCUT2D eigenvalue weighted by Gasteiger charge is 2.28. The van der Waals surface area contributed by atoms with Crippen LogP contribution in [0.3, 0.4) is 0 Å². The molecule has 1 fully saturated rings. The Labute approximate surface area is 124 Å². The van der Waals surface area contributed by atoms with Crippen molar-refractivity contribution in [1.29, 1.82) is 0 Å². The summed E-state index contributed by atoms with van der Waals surface area (Å²) in [6.07, 6.45) is 4.11. The maximum Gasteiger partial charge on any atom is 0.282 e. The Bertz CT molecular complexity index is 545. The van der Waals surface area contributed by atoms with Crippen molar-refractivity contribution in [2.45, 2.75) is 38.6 Å². The lowest BCUT2D eigenvalue weighted by Crippen LogP contribution is -2.38. The fourth-order valence-electron chi connectivity index (χ4n) is 2.75. The van der Waals surface area contributed by atoms with E-state index < -0.39 is 4.92 Å². The average Bonchev–Trinajstić information content (AvgIpc) is 2.70. The summed E-state index contributed by atoms with van der Waals surface area (Å²) in [5.74, 6) is -0.242. The Morgan fingerprint density at radius 3 is 2.81 bits per heavy atom. The van der Waals surface area contributed by atoms with E-state index in [4.69, 9.17) is 0 Å². The molecular formula is C15H21N3O3. The molecule has 114 valence electrons. The van der Waals surface area contributed by atoms with Crippen molar-refractivity contribution in [3.8, 4) is 0 Å². The summed E-state index contributed by atoms with van der Waals surface area (Å²) in [5, 5.41) is 14.1. The fraction of sp³-hybridized carbons (Fsp3) is 0.533. The zero-order valence-electron chi connectivity index (χ0n) is 12.5. The molecular weight excluding hydrogens is 270 g/mol. The molecule has 0 bridgehead atoms. The van der Waals surface area contributed by atoms with Gasteiger partial charge >= 0.3 is 0 Å². The second-order valence-corrected chi connectivity index (χ2v) is 5.44. The lowest BCUT2D eigenvalue weighted by Gasteiger charge is -2.27. The largest absolute Gasteiger partial charge is 0.388 e. The van der Waals surface area contributed by atoms with Crippen LogP contribution < -0.4 is 5.32 Å². The van der Waals surface area contributed by atoms with E-state index in [2.05, 4.69) is 5.32 Å². The Balaban J connectivity index is 2.38. The van der Waals surface area contributed by atoms with Crippen LogP contribution in [0.5, 0.6) is 0 Å². The van der Waals surface area contributed by atoms with Gasteiger partial charge in [-0.15, -0.1) is 0 Å². The summed E-state index contributed by atoms with van der Waals surface area (Å²) >= 11 is 0. The minimum atomic E-state index is -0.491. The quantitative estimate of drug-likeness (QED) is 0.686. The van der Waals surface area contributed by atoms with Gasteiger partial charge in [0.05, 0.1) is 4.92 Å². The molecule has 0 aromatic heterocycles. The minimum absolute atomic E-state index is 0.123. The van der Waals surface area contributed by atoms with Gasteiger partial charge in [0.15, 0.2) is 0 Å². The molecule has 6 heteroatoms. The highest BCUT2D eigenvalue weighted by atomic mass is 16.6. The van der Waals surface area contributed by atoms with Crippen LogP contribution >= 0.6 is 0 Å². The summed E-state index contributed by atoms with van der Waals surface area (Å²) < 4.78 is 0. The van der Waals surface area contributed by atoms with Crippen LogP contribution in [-0.4, -0.2) is 35.4 Å². The van der Waals surface area contributed by atoms with E-state index in [9.17, 15) is 14.9 Å². The van der Waals surface area contributed by atoms with Crippen molar-refractivity contribution < 1.29 is 9.72 Å². The number of hydrogen-bond donors (Lipinski definition) is 1. The lowest BCUT2D eigenvalue weighted by atomic mass is 10.1. The molecule has 1 heterocycles. The van der Waals surface area contributed by atoms with E-state index in [0.717, 1.165) is 25.7 Å².